The van der Waals surface area contributed by atoms with Crippen LogP contribution in [0.1, 0.15) is 111 Å². The van der Waals surface area contributed by atoms with Crippen LogP contribution in [0, 0.1) is 5.92 Å². The number of alkyl halides is 2. The van der Waals surface area contributed by atoms with Gasteiger partial charge in [0.1, 0.15) is 6.04 Å². The van der Waals surface area contributed by atoms with Crippen LogP contribution in [0.25, 0.3) is 16.6 Å². The van der Waals surface area contributed by atoms with E-state index in [4.69, 9.17) is 9.47 Å². The number of ether oxygens (including phenoxy) is 2. The van der Waals surface area contributed by atoms with Crippen LogP contribution in [0.4, 0.5) is 20.2 Å². The SMILES string of the molecule is C[C@@H](CCc1cccc2c1n(C)c(=O)n2C1CCC(=O)NC1=O)OC1CCN(C[C@H]2CC[C@H](n3cc(NC(=O)c4cnn5ccc(N6C[C@H]7C[C@@H]6CO7)cc45)c(C(F)F)n3)CC2)CC1. The highest BCUT2D eigenvalue weighted by atomic mass is 19.3. The number of likely N-dealkylation sites (tertiary alicyclic amines) is 1. The van der Waals surface area contributed by atoms with Gasteiger partial charge < -0.3 is 24.6 Å². The number of hydrogen-bond acceptors (Lipinski definition) is 10. The van der Waals surface area contributed by atoms with Crippen LogP contribution in [0.3, 0.4) is 0 Å². The minimum atomic E-state index is -2.84. The quantitative estimate of drug-likeness (QED) is 0.143. The molecule has 0 radical (unpaired) electrons. The van der Waals surface area contributed by atoms with Crippen LogP contribution in [0.2, 0.25) is 0 Å². The lowest BCUT2D eigenvalue weighted by atomic mass is 9.85. The highest BCUT2D eigenvalue weighted by molar-refractivity contribution is 6.09. The van der Waals surface area contributed by atoms with Gasteiger partial charge in [-0.15, -0.1) is 0 Å². The van der Waals surface area contributed by atoms with Crippen molar-refractivity contribution in [2.24, 2.45) is 13.0 Å². The Hall–Kier alpha value is -5.46. The third-order valence-electron chi connectivity index (χ3n) is 14.4. The van der Waals surface area contributed by atoms with Crippen molar-refractivity contribution in [3.8, 4) is 0 Å². The van der Waals surface area contributed by atoms with Gasteiger partial charge in [0.05, 0.1) is 71.0 Å². The van der Waals surface area contributed by atoms with Gasteiger partial charge in [0.2, 0.25) is 11.8 Å². The van der Waals surface area contributed by atoms with E-state index < -0.39 is 30.0 Å². The number of halogens is 2. The summed E-state index contributed by atoms with van der Waals surface area (Å²) in [6.45, 7) is 6.48. The fourth-order valence-corrected chi connectivity index (χ4v) is 11.0. The molecule has 4 saturated heterocycles. The fraction of sp³-hybridized carbons (Fsp3) is 0.565. The van der Waals surface area contributed by atoms with Gasteiger partial charge in [0.25, 0.3) is 12.3 Å². The molecule has 64 heavy (non-hydrogen) atoms. The average molecular weight is 883 g/mol. The van der Waals surface area contributed by atoms with Crippen LogP contribution < -0.4 is 21.2 Å². The van der Waals surface area contributed by atoms with Gasteiger partial charge in [-0.25, -0.2) is 18.1 Å². The normalized spacial score (nSPS) is 25.0. The number of amides is 3. The molecule has 3 amide bonds. The number of benzene rings is 1. The highest BCUT2D eigenvalue weighted by Crippen LogP contribution is 2.37. The summed E-state index contributed by atoms with van der Waals surface area (Å²) in [6, 6.07) is 9.27. The van der Waals surface area contributed by atoms with Crippen LogP contribution in [0.5, 0.6) is 0 Å². The molecule has 5 fully saturated rings. The number of para-hydroxylation sites is 1. The third-order valence-corrected chi connectivity index (χ3v) is 14.4. The number of hydrogen-bond donors (Lipinski definition) is 2. The van der Waals surface area contributed by atoms with Gasteiger partial charge in [-0.1, -0.05) is 12.1 Å². The Morgan fingerprint density at radius 1 is 1.03 bits per heavy atom. The molecular formula is C46H56F2N10O6. The average Bonchev–Trinajstić information content (AvgIpc) is 4.14. The van der Waals surface area contributed by atoms with E-state index in [0.29, 0.717) is 48.0 Å². The monoisotopic (exact) mass is 882 g/mol. The van der Waals surface area contributed by atoms with E-state index in [1.165, 1.54) is 10.8 Å². The Morgan fingerprint density at radius 2 is 1.84 bits per heavy atom. The number of carbonyl (C=O) groups is 3. The van der Waals surface area contributed by atoms with E-state index in [9.17, 15) is 28.0 Å². The number of anilines is 2. The molecule has 340 valence electrons. The van der Waals surface area contributed by atoms with Crippen molar-refractivity contribution in [3.63, 3.8) is 0 Å². The Labute approximate surface area is 368 Å². The molecule has 4 aliphatic heterocycles. The second-order valence-corrected chi connectivity index (χ2v) is 18.6. The Morgan fingerprint density at radius 3 is 2.58 bits per heavy atom. The van der Waals surface area contributed by atoms with Crippen molar-refractivity contribution in [2.45, 2.75) is 120 Å². The topological polar surface area (TPSA) is 162 Å². The highest BCUT2D eigenvalue weighted by Gasteiger charge is 2.39. The van der Waals surface area contributed by atoms with Crippen molar-refractivity contribution in [1.82, 2.24) is 38.7 Å². The maximum absolute atomic E-state index is 14.3. The molecule has 4 atom stereocenters. The van der Waals surface area contributed by atoms with Gasteiger partial charge in [-0.3, -0.25) is 33.5 Å². The molecule has 5 aromatic rings. The summed E-state index contributed by atoms with van der Waals surface area (Å²) in [5.74, 6) is -0.754. The third kappa shape index (κ3) is 8.23. The standard InChI is InChI=1S/C46H56F2N10O6/c1-27(6-9-29-4-3-5-37-42(29)53(2)46(62)58(37)38-12-13-40(59)51-45(38)61)64-33-15-17-54(18-16-33)23-28-7-10-30(11-8-28)57-25-36(41(52-57)43(47)48)50-44(60)35-22-49-56-19-14-31(21-39(35)56)55-24-34-20-32(55)26-63-34/h3-5,14,19,21-22,25,27-28,30,32-34,38,43H,6-13,15-18,20,23-24,26H2,1-2H3,(H,50,60)(H,51,59,61)/t27-,28-,30-,32+,34+,38?/m0/s1. The van der Waals surface area contributed by atoms with Gasteiger partial charge in [-0.05, 0) is 101 Å². The van der Waals surface area contributed by atoms with E-state index >= 15 is 0 Å². The van der Waals surface area contributed by atoms with E-state index in [1.54, 1.807) is 27.0 Å². The minimum Gasteiger partial charge on any atom is -0.375 e. The lowest BCUT2D eigenvalue weighted by molar-refractivity contribution is -0.135. The predicted molar refractivity (Wildman–Crippen MR) is 234 cm³/mol. The second kappa shape index (κ2) is 17.5. The summed E-state index contributed by atoms with van der Waals surface area (Å²) in [6.07, 6.45) is 10.9. The molecule has 18 heteroatoms. The van der Waals surface area contributed by atoms with Gasteiger partial charge in [0.15, 0.2) is 5.69 Å². The number of imidazole rings is 1. The van der Waals surface area contributed by atoms with Crippen LogP contribution in [-0.2, 0) is 32.5 Å². The Bertz CT molecular complexity index is 2620. The van der Waals surface area contributed by atoms with E-state index in [2.05, 4.69) is 37.6 Å². The smallest absolute Gasteiger partial charge is 0.329 e. The Balaban J connectivity index is 0.691. The summed E-state index contributed by atoms with van der Waals surface area (Å²) in [7, 11) is 1.73. The summed E-state index contributed by atoms with van der Waals surface area (Å²) in [4.78, 5) is 56.2. The van der Waals surface area contributed by atoms with E-state index in [0.717, 1.165) is 94.3 Å². The first kappa shape index (κ1) is 42.5. The number of nitrogens with zero attached hydrogens (tertiary/aromatic N) is 8. The number of pyridine rings is 1. The number of fused-ring (bicyclic) bond motifs is 4. The first-order valence-corrected chi connectivity index (χ1v) is 22.9. The van der Waals surface area contributed by atoms with Crippen molar-refractivity contribution in [3.05, 3.63) is 76.2 Å². The number of morpholine rings is 1. The number of rotatable bonds is 13. The molecule has 1 aliphatic carbocycles. The molecule has 1 saturated carbocycles. The zero-order valence-corrected chi connectivity index (χ0v) is 36.3. The molecule has 0 spiro atoms. The number of aryl methyl sites for hydroxylation is 2. The van der Waals surface area contributed by atoms with Crippen molar-refractivity contribution >= 4 is 45.6 Å². The van der Waals surface area contributed by atoms with E-state index in [-0.39, 0.29) is 48.1 Å². The molecule has 10 rings (SSSR count). The van der Waals surface area contributed by atoms with E-state index in [1.807, 2.05) is 36.5 Å². The number of carbonyl (C=O) groups excluding carboxylic acids is 3. The van der Waals surface area contributed by atoms with Gasteiger partial charge in [-0.2, -0.15) is 10.2 Å². The zero-order valence-electron chi connectivity index (χ0n) is 36.3. The number of aromatic nitrogens is 6. The maximum atomic E-state index is 14.3. The summed E-state index contributed by atoms with van der Waals surface area (Å²) >= 11 is 0. The summed E-state index contributed by atoms with van der Waals surface area (Å²) in [5.41, 5.74) is 3.75. The van der Waals surface area contributed by atoms with Crippen LogP contribution in [-0.4, -0.2) is 108 Å². The lowest BCUT2D eigenvalue weighted by Crippen LogP contribution is -2.44. The lowest BCUT2D eigenvalue weighted by Gasteiger charge is -2.37. The minimum absolute atomic E-state index is 0.0169. The van der Waals surface area contributed by atoms with Gasteiger partial charge >= 0.3 is 5.69 Å². The number of imide groups is 1. The molecule has 1 unspecified atom stereocenters. The summed E-state index contributed by atoms with van der Waals surface area (Å²) in [5, 5.41) is 13.8. The fourth-order valence-electron chi connectivity index (χ4n) is 11.0. The second-order valence-electron chi connectivity index (χ2n) is 18.6. The first-order chi connectivity index (χ1) is 31.0. The molecule has 5 aliphatic rings. The molecule has 2 bridgehead atoms. The predicted octanol–water partition coefficient (Wildman–Crippen LogP) is 5.56. The maximum Gasteiger partial charge on any atom is 0.329 e. The molecule has 8 heterocycles. The molecule has 2 N–H and O–H groups in total. The molecule has 16 nitrogen and oxygen atoms in total. The number of piperidine rings is 2. The van der Waals surface area contributed by atoms with Gasteiger partial charge in [0, 0.05) is 57.7 Å². The van der Waals surface area contributed by atoms with Crippen molar-refractivity contribution < 1.29 is 32.6 Å². The van der Waals surface area contributed by atoms with Crippen molar-refractivity contribution in [1.29, 1.82) is 0 Å². The summed E-state index contributed by atoms with van der Waals surface area (Å²) < 4.78 is 47.4. The zero-order chi connectivity index (χ0) is 44.2. The molecule has 1 aromatic carbocycles. The molecule has 4 aromatic heterocycles. The van der Waals surface area contributed by atoms with Crippen molar-refractivity contribution in [2.75, 3.05) is 43.0 Å². The largest absolute Gasteiger partial charge is 0.375 e. The molecular weight excluding hydrogens is 827 g/mol. The number of nitrogens with one attached hydrogen (secondary N) is 2. The van der Waals surface area contributed by atoms with Crippen LogP contribution in [0.15, 0.2) is 53.7 Å². The first-order valence-electron chi connectivity index (χ1n) is 22.9. The Kier molecular flexibility index (Phi) is 11.6. The van der Waals surface area contributed by atoms with Crippen LogP contribution >= 0.6 is 0 Å².